The van der Waals surface area contributed by atoms with Crippen LogP contribution in [-0.2, 0) is 4.79 Å². The van der Waals surface area contributed by atoms with Crippen molar-refractivity contribution in [2.24, 2.45) is 0 Å². The minimum Gasteiger partial charge on any atom is -0.479 e. The molecule has 0 spiro atoms. The van der Waals surface area contributed by atoms with Crippen LogP contribution in [0.2, 0.25) is 0 Å². The first-order valence-electron chi connectivity index (χ1n) is 5.55. The zero-order chi connectivity index (χ0) is 13.2. The van der Waals surface area contributed by atoms with E-state index in [-0.39, 0.29) is 6.54 Å². The zero-order valence-corrected chi connectivity index (χ0v) is 9.46. The lowest BCUT2D eigenvalue weighted by Gasteiger charge is -2.26. The number of nitrogens with one attached hydrogen (secondary N) is 1. The van der Waals surface area contributed by atoms with E-state index in [0.717, 1.165) is 5.69 Å². The van der Waals surface area contributed by atoms with Gasteiger partial charge in [-0.3, -0.25) is 4.79 Å². The third kappa shape index (κ3) is 3.15. The topological polar surface area (TPSA) is 38.3 Å². The molecule has 0 saturated heterocycles. The van der Waals surface area contributed by atoms with Crippen molar-refractivity contribution in [3.05, 3.63) is 24.3 Å². The number of benzene rings is 1. The largest absolute Gasteiger partial charge is 0.479 e. The summed E-state index contributed by atoms with van der Waals surface area (Å²) in [7, 11) is 0. The Morgan fingerprint density at radius 1 is 1.39 bits per heavy atom. The number of anilines is 1. The van der Waals surface area contributed by atoms with Gasteiger partial charge in [0.15, 0.2) is 11.9 Å². The molecule has 2 rings (SSSR count). The standard InChI is InChI=1S/C12H12F3NO2/c13-12(14,15)6-5-9(17)11-7-16-8-3-1-2-4-10(8)18-11/h1-4,11,16H,5-7H2. The maximum atomic E-state index is 12.0. The predicted molar refractivity (Wildman–Crippen MR) is 59.6 cm³/mol. The Labute approximate surface area is 102 Å². The second-order valence-corrected chi connectivity index (χ2v) is 4.07. The molecule has 0 aliphatic carbocycles. The summed E-state index contributed by atoms with van der Waals surface area (Å²) >= 11 is 0. The van der Waals surface area contributed by atoms with Gasteiger partial charge < -0.3 is 10.1 Å². The predicted octanol–water partition coefficient (Wildman–Crippen LogP) is 2.77. The molecule has 0 amide bonds. The molecular formula is C12H12F3NO2. The fourth-order valence-corrected chi connectivity index (χ4v) is 1.72. The summed E-state index contributed by atoms with van der Waals surface area (Å²) in [6.45, 7) is 0.202. The van der Waals surface area contributed by atoms with E-state index in [1.807, 2.05) is 0 Å². The first kappa shape index (κ1) is 12.7. The molecule has 1 aromatic carbocycles. The fraction of sp³-hybridized carbons (Fsp3) is 0.417. The lowest BCUT2D eigenvalue weighted by atomic mass is 10.1. The van der Waals surface area contributed by atoms with Crippen molar-refractivity contribution >= 4 is 11.5 Å². The summed E-state index contributed by atoms with van der Waals surface area (Å²) in [5.74, 6) is -0.0385. The number of fused-ring (bicyclic) bond motifs is 1. The van der Waals surface area contributed by atoms with Gasteiger partial charge in [0, 0.05) is 6.42 Å². The average molecular weight is 259 g/mol. The summed E-state index contributed by atoms with van der Waals surface area (Å²) in [6, 6.07) is 7.00. The van der Waals surface area contributed by atoms with Crippen molar-refractivity contribution in [3.8, 4) is 5.75 Å². The van der Waals surface area contributed by atoms with Gasteiger partial charge in [-0.15, -0.1) is 0 Å². The van der Waals surface area contributed by atoms with E-state index in [4.69, 9.17) is 4.74 Å². The molecule has 1 atom stereocenters. The molecule has 1 N–H and O–H groups in total. The first-order valence-corrected chi connectivity index (χ1v) is 5.55. The van der Waals surface area contributed by atoms with Crippen molar-refractivity contribution in [2.75, 3.05) is 11.9 Å². The molecule has 6 heteroatoms. The highest BCUT2D eigenvalue weighted by atomic mass is 19.4. The van der Waals surface area contributed by atoms with E-state index in [1.165, 1.54) is 0 Å². The molecule has 18 heavy (non-hydrogen) atoms. The number of hydrogen-bond donors (Lipinski definition) is 1. The van der Waals surface area contributed by atoms with Crippen LogP contribution in [0.4, 0.5) is 18.9 Å². The van der Waals surface area contributed by atoms with Crippen LogP contribution < -0.4 is 10.1 Å². The number of ketones is 1. The highest BCUT2D eigenvalue weighted by Crippen LogP contribution is 2.29. The summed E-state index contributed by atoms with van der Waals surface area (Å²) in [5.41, 5.74) is 0.748. The van der Waals surface area contributed by atoms with Crippen LogP contribution in [0, 0.1) is 0 Å². The van der Waals surface area contributed by atoms with Crippen molar-refractivity contribution in [3.63, 3.8) is 0 Å². The number of para-hydroxylation sites is 2. The molecule has 98 valence electrons. The molecule has 1 aromatic rings. The van der Waals surface area contributed by atoms with Gasteiger partial charge in [0.1, 0.15) is 5.75 Å². The molecule has 0 radical (unpaired) electrons. The van der Waals surface area contributed by atoms with Crippen LogP contribution in [0.5, 0.6) is 5.75 Å². The van der Waals surface area contributed by atoms with Gasteiger partial charge in [-0.2, -0.15) is 13.2 Å². The smallest absolute Gasteiger partial charge is 0.389 e. The van der Waals surface area contributed by atoms with E-state index >= 15 is 0 Å². The van der Waals surface area contributed by atoms with Crippen molar-refractivity contribution in [1.82, 2.24) is 0 Å². The summed E-state index contributed by atoms with van der Waals surface area (Å²) in [5, 5.41) is 2.96. The molecule has 0 saturated carbocycles. The van der Waals surface area contributed by atoms with Gasteiger partial charge in [-0.25, -0.2) is 0 Å². The zero-order valence-electron chi connectivity index (χ0n) is 9.46. The van der Waals surface area contributed by atoms with Crippen molar-refractivity contribution in [1.29, 1.82) is 0 Å². The van der Waals surface area contributed by atoms with E-state index in [0.29, 0.717) is 5.75 Å². The van der Waals surface area contributed by atoms with Crippen LogP contribution >= 0.6 is 0 Å². The lowest BCUT2D eigenvalue weighted by molar-refractivity contribution is -0.145. The second kappa shape index (κ2) is 4.88. The van der Waals surface area contributed by atoms with Crippen LogP contribution in [-0.4, -0.2) is 24.6 Å². The van der Waals surface area contributed by atoms with Gasteiger partial charge in [0.05, 0.1) is 18.7 Å². The molecule has 1 aliphatic rings. The molecule has 0 bridgehead atoms. The Morgan fingerprint density at radius 2 is 2.11 bits per heavy atom. The number of rotatable bonds is 3. The third-order valence-corrected chi connectivity index (χ3v) is 2.65. The maximum absolute atomic E-state index is 12.0. The second-order valence-electron chi connectivity index (χ2n) is 4.07. The normalized spacial score (nSPS) is 18.5. The number of carbonyl (C=O) groups is 1. The fourth-order valence-electron chi connectivity index (χ4n) is 1.72. The highest BCUT2D eigenvalue weighted by Gasteiger charge is 2.31. The summed E-state index contributed by atoms with van der Waals surface area (Å²) in [6.07, 6.45) is -6.80. The van der Waals surface area contributed by atoms with Gasteiger partial charge in [0.25, 0.3) is 0 Å². The number of hydrogen-bond acceptors (Lipinski definition) is 3. The number of ether oxygens (including phenoxy) is 1. The Balaban J connectivity index is 1.95. The van der Waals surface area contributed by atoms with Gasteiger partial charge in [-0.05, 0) is 12.1 Å². The molecule has 1 aliphatic heterocycles. The van der Waals surface area contributed by atoms with E-state index in [1.54, 1.807) is 24.3 Å². The summed E-state index contributed by atoms with van der Waals surface area (Å²) < 4.78 is 41.4. The Kier molecular flexibility index (Phi) is 3.45. The number of halogens is 3. The first-order chi connectivity index (χ1) is 8.46. The average Bonchev–Trinajstić information content (AvgIpc) is 2.34. The lowest BCUT2D eigenvalue weighted by Crippen LogP contribution is -2.38. The van der Waals surface area contributed by atoms with Gasteiger partial charge >= 0.3 is 6.18 Å². The van der Waals surface area contributed by atoms with Crippen LogP contribution in [0.15, 0.2) is 24.3 Å². The SMILES string of the molecule is O=C(CCC(F)(F)F)C1CNc2ccccc2O1. The van der Waals surface area contributed by atoms with Gasteiger partial charge in [-0.1, -0.05) is 12.1 Å². The quantitative estimate of drug-likeness (QED) is 0.907. The Hall–Kier alpha value is -1.72. The van der Waals surface area contributed by atoms with Gasteiger partial charge in [0.2, 0.25) is 0 Å². The van der Waals surface area contributed by atoms with E-state index in [2.05, 4.69) is 5.32 Å². The maximum Gasteiger partial charge on any atom is 0.389 e. The molecule has 1 unspecified atom stereocenters. The highest BCUT2D eigenvalue weighted by molar-refractivity contribution is 5.85. The van der Waals surface area contributed by atoms with Crippen molar-refractivity contribution in [2.45, 2.75) is 25.1 Å². The summed E-state index contributed by atoms with van der Waals surface area (Å²) in [4.78, 5) is 11.6. The molecule has 0 fully saturated rings. The third-order valence-electron chi connectivity index (χ3n) is 2.65. The van der Waals surface area contributed by atoms with E-state index in [9.17, 15) is 18.0 Å². The molecular weight excluding hydrogens is 247 g/mol. The van der Waals surface area contributed by atoms with Crippen LogP contribution in [0.1, 0.15) is 12.8 Å². The van der Waals surface area contributed by atoms with Crippen molar-refractivity contribution < 1.29 is 22.7 Å². The number of Topliss-reactive ketones (excluding diaryl/α,β-unsaturated/α-hetero) is 1. The van der Waals surface area contributed by atoms with Crippen LogP contribution in [0.25, 0.3) is 0 Å². The van der Waals surface area contributed by atoms with E-state index < -0.39 is 30.9 Å². The molecule has 1 heterocycles. The molecule has 0 aromatic heterocycles. The Bertz CT molecular complexity index is 445. The Morgan fingerprint density at radius 3 is 2.83 bits per heavy atom. The van der Waals surface area contributed by atoms with Crippen LogP contribution in [0.3, 0.4) is 0 Å². The number of carbonyl (C=O) groups excluding carboxylic acids is 1. The minimum absolute atomic E-state index is 0.202. The minimum atomic E-state index is -4.31. The molecule has 3 nitrogen and oxygen atoms in total. The monoisotopic (exact) mass is 259 g/mol. The number of alkyl halides is 3.